The van der Waals surface area contributed by atoms with Crippen LogP contribution in [-0.4, -0.2) is 55.2 Å². The van der Waals surface area contributed by atoms with Gasteiger partial charge in [-0.15, -0.1) is 0 Å². The molecular weight excluding hydrogens is 425 g/mol. The first kappa shape index (κ1) is 27.0. The van der Waals surface area contributed by atoms with Crippen molar-refractivity contribution in [3.63, 3.8) is 0 Å². The predicted molar refractivity (Wildman–Crippen MR) is 127 cm³/mol. The summed E-state index contributed by atoms with van der Waals surface area (Å²) in [6, 6.07) is 4.63. The lowest BCUT2D eigenvalue weighted by atomic mass is 9.78. The molecule has 1 aromatic carbocycles. The van der Waals surface area contributed by atoms with Crippen LogP contribution in [0.3, 0.4) is 0 Å². The molecule has 0 bridgehead atoms. The molecule has 0 spiro atoms. The Labute approximate surface area is 197 Å². The first-order valence-corrected chi connectivity index (χ1v) is 11.3. The number of esters is 1. The number of rotatable bonds is 7. The van der Waals surface area contributed by atoms with Crippen molar-refractivity contribution < 1.29 is 33.1 Å². The minimum atomic E-state index is -0.965. The summed E-state index contributed by atoms with van der Waals surface area (Å²) in [5, 5.41) is 2.61. The average molecular weight is 463 g/mol. The first-order valence-electron chi connectivity index (χ1n) is 11.3. The first-order chi connectivity index (χ1) is 15.0. The van der Waals surface area contributed by atoms with E-state index in [1.807, 2.05) is 59.7 Å². The lowest BCUT2D eigenvalue weighted by Crippen LogP contribution is -2.45. The molecule has 33 heavy (non-hydrogen) atoms. The monoisotopic (exact) mass is 463 g/mol. The van der Waals surface area contributed by atoms with E-state index >= 15 is 0 Å². The van der Waals surface area contributed by atoms with Crippen LogP contribution in [0.1, 0.15) is 67.9 Å². The Bertz CT molecular complexity index is 845. The summed E-state index contributed by atoms with van der Waals surface area (Å²) >= 11 is 0. The van der Waals surface area contributed by atoms with Crippen LogP contribution in [0.4, 0.5) is 4.79 Å². The number of ether oxygens (including phenoxy) is 3. The van der Waals surface area contributed by atoms with Crippen molar-refractivity contribution in [3.8, 4) is 5.75 Å². The van der Waals surface area contributed by atoms with Gasteiger partial charge in [0.25, 0.3) is 0 Å². The number of methoxy groups -OCH3 is 1. The number of benzene rings is 1. The van der Waals surface area contributed by atoms with Gasteiger partial charge in [0.1, 0.15) is 17.4 Å². The van der Waals surface area contributed by atoms with E-state index in [9.17, 15) is 9.59 Å². The molecule has 0 unspecified atom stereocenters. The van der Waals surface area contributed by atoms with Gasteiger partial charge < -0.3 is 28.8 Å². The lowest BCUT2D eigenvalue weighted by Gasteiger charge is -2.32. The van der Waals surface area contributed by atoms with Crippen LogP contribution in [0, 0.1) is 0 Å². The highest BCUT2D eigenvalue weighted by atomic mass is 16.7. The molecule has 0 aromatic heterocycles. The molecule has 1 N–H and O–H groups in total. The number of alkyl carbamates (subject to hydrolysis) is 1. The van der Waals surface area contributed by atoms with Gasteiger partial charge in [-0.3, -0.25) is 0 Å². The van der Waals surface area contributed by atoms with E-state index in [2.05, 4.69) is 5.32 Å². The maximum Gasteiger partial charge on any atom is 0.494 e. The van der Waals surface area contributed by atoms with Gasteiger partial charge in [-0.2, -0.15) is 0 Å². The van der Waals surface area contributed by atoms with Crippen LogP contribution >= 0.6 is 0 Å². The van der Waals surface area contributed by atoms with Crippen LogP contribution in [0.25, 0.3) is 0 Å². The third-order valence-corrected chi connectivity index (χ3v) is 5.57. The molecule has 1 saturated heterocycles. The van der Waals surface area contributed by atoms with Crippen molar-refractivity contribution in [1.82, 2.24) is 5.32 Å². The topological polar surface area (TPSA) is 92.3 Å². The third-order valence-electron chi connectivity index (χ3n) is 5.57. The maximum atomic E-state index is 12.5. The molecule has 0 saturated carbocycles. The van der Waals surface area contributed by atoms with Crippen molar-refractivity contribution in [3.05, 3.63) is 23.8 Å². The second kappa shape index (κ2) is 9.93. The second-order valence-electron chi connectivity index (χ2n) is 10.5. The normalized spacial score (nSPS) is 18.1. The fraction of sp³-hybridized carbons (Fsp3) is 0.667. The van der Waals surface area contributed by atoms with Gasteiger partial charge in [-0.05, 0) is 79.4 Å². The fourth-order valence-electron chi connectivity index (χ4n) is 3.26. The number of hydrogen-bond donors (Lipinski definition) is 1. The van der Waals surface area contributed by atoms with Crippen LogP contribution in [0.15, 0.2) is 18.2 Å². The molecule has 2 rings (SSSR count). The molecule has 0 radical (unpaired) electrons. The number of carbonyl (C=O) groups excluding carboxylic acids is 2. The number of amides is 1. The zero-order chi connectivity index (χ0) is 25.2. The van der Waals surface area contributed by atoms with Crippen molar-refractivity contribution in [2.75, 3.05) is 7.11 Å². The fourth-order valence-corrected chi connectivity index (χ4v) is 3.26. The quantitative estimate of drug-likeness (QED) is 0.490. The van der Waals surface area contributed by atoms with Crippen molar-refractivity contribution in [1.29, 1.82) is 0 Å². The average Bonchev–Trinajstić information content (AvgIpc) is 2.87. The van der Waals surface area contributed by atoms with Gasteiger partial charge in [-0.1, -0.05) is 12.1 Å². The predicted octanol–water partition coefficient (Wildman–Crippen LogP) is 3.38. The van der Waals surface area contributed by atoms with Crippen LogP contribution < -0.4 is 15.5 Å². The molecule has 1 fully saturated rings. The lowest BCUT2D eigenvalue weighted by molar-refractivity contribution is -0.143. The van der Waals surface area contributed by atoms with Gasteiger partial charge in [0.05, 0.1) is 24.4 Å². The minimum Gasteiger partial charge on any atom is -0.491 e. The highest BCUT2D eigenvalue weighted by molar-refractivity contribution is 6.62. The van der Waals surface area contributed by atoms with E-state index < -0.39 is 42.0 Å². The molecule has 8 nitrogen and oxygen atoms in total. The van der Waals surface area contributed by atoms with Crippen LogP contribution in [-0.2, 0) is 30.0 Å². The summed E-state index contributed by atoms with van der Waals surface area (Å²) in [5.41, 5.74) is -0.175. The zero-order valence-electron chi connectivity index (χ0n) is 21.5. The maximum absolute atomic E-state index is 12.5. The Kier molecular flexibility index (Phi) is 8.12. The standard InChI is InChI=1S/C24H38BNO7/c1-15(2)30-19-12-11-17(25-32-23(6,7)24(8,9)33-25)13-16(19)14-18(20(27)29-10)26-21(28)31-22(3,4)5/h11-13,15,18H,14H2,1-10H3,(H,26,28)/t18-/m0/s1. The molecule has 1 aliphatic heterocycles. The van der Waals surface area contributed by atoms with Crippen molar-refractivity contribution in [2.45, 2.75) is 97.7 Å². The van der Waals surface area contributed by atoms with E-state index in [0.717, 1.165) is 5.46 Å². The molecule has 1 aromatic rings. The molecule has 9 heteroatoms. The number of hydrogen-bond acceptors (Lipinski definition) is 7. The van der Waals surface area contributed by atoms with Gasteiger partial charge >= 0.3 is 19.2 Å². The molecule has 1 aliphatic rings. The Morgan fingerprint density at radius 2 is 1.67 bits per heavy atom. The Morgan fingerprint density at radius 1 is 1.09 bits per heavy atom. The smallest absolute Gasteiger partial charge is 0.491 e. The van der Waals surface area contributed by atoms with Gasteiger partial charge in [0, 0.05) is 6.42 Å². The summed E-state index contributed by atoms with van der Waals surface area (Å²) in [7, 11) is 0.704. The Balaban J connectivity index is 2.36. The van der Waals surface area contributed by atoms with Crippen LogP contribution in [0.5, 0.6) is 5.75 Å². The van der Waals surface area contributed by atoms with E-state index in [1.165, 1.54) is 7.11 Å². The summed E-state index contributed by atoms with van der Waals surface area (Å²) in [6.07, 6.45) is -0.644. The van der Waals surface area contributed by atoms with Gasteiger partial charge in [-0.25, -0.2) is 9.59 Å². The molecule has 1 amide bonds. The summed E-state index contributed by atoms with van der Waals surface area (Å²) in [5.74, 6) is 0.0163. The van der Waals surface area contributed by atoms with Crippen molar-refractivity contribution >= 4 is 24.6 Å². The van der Waals surface area contributed by atoms with Crippen molar-refractivity contribution in [2.24, 2.45) is 0 Å². The molecular formula is C24H38BNO7. The van der Waals surface area contributed by atoms with E-state index in [1.54, 1.807) is 20.8 Å². The summed E-state index contributed by atoms with van der Waals surface area (Å²) in [4.78, 5) is 24.8. The van der Waals surface area contributed by atoms with E-state index in [0.29, 0.717) is 11.3 Å². The molecule has 184 valence electrons. The Morgan fingerprint density at radius 3 is 2.15 bits per heavy atom. The zero-order valence-corrected chi connectivity index (χ0v) is 21.5. The molecule has 1 heterocycles. The highest BCUT2D eigenvalue weighted by Crippen LogP contribution is 2.36. The summed E-state index contributed by atoms with van der Waals surface area (Å²) in [6.45, 7) is 17.0. The number of carbonyl (C=O) groups is 2. The Hall–Kier alpha value is -2.26. The minimum absolute atomic E-state index is 0.0816. The SMILES string of the molecule is COC(=O)[C@H](Cc1cc(B2OC(C)(C)C(C)(C)O2)ccc1OC(C)C)NC(=O)OC(C)(C)C. The number of nitrogens with one attached hydrogen (secondary N) is 1. The van der Waals surface area contributed by atoms with Crippen LogP contribution in [0.2, 0.25) is 0 Å². The van der Waals surface area contributed by atoms with Gasteiger partial charge in [0.15, 0.2) is 0 Å². The summed E-state index contributed by atoms with van der Waals surface area (Å²) < 4.78 is 28.6. The largest absolute Gasteiger partial charge is 0.494 e. The highest BCUT2D eigenvalue weighted by Gasteiger charge is 2.51. The van der Waals surface area contributed by atoms with E-state index in [4.69, 9.17) is 23.5 Å². The third kappa shape index (κ3) is 7.11. The molecule has 1 atom stereocenters. The van der Waals surface area contributed by atoms with E-state index in [-0.39, 0.29) is 12.5 Å². The molecule has 0 aliphatic carbocycles. The van der Waals surface area contributed by atoms with Gasteiger partial charge in [0.2, 0.25) is 0 Å². The second-order valence-corrected chi connectivity index (χ2v) is 10.5.